The van der Waals surface area contributed by atoms with Gasteiger partial charge in [-0.05, 0) is 73.8 Å². The molecule has 1 aliphatic carbocycles. The van der Waals surface area contributed by atoms with Crippen molar-refractivity contribution < 1.29 is 9.78 Å². The number of amides is 1. The molecule has 0 bridgehead atoms. The number of hydrogen-bond acceptors (Lipinski definition) is 2. The van der Waals surface area contributed by atoms with Gasteiger partial charge in [-0.25, -0.2) is 4.98 Å². The van der Waals surface area contributed by atoms with E-state index in [4.69, 9.17) is 5.26 Å². The minimum atomic E-state index is -0.0416. The second kappa shape index (κ2) is 9.18. The van der Waals surface area contributed by atoms with Crippen LogP contribution in [0.4, 0.5) is 0 Å². The molecule has 31 heavy (non-hydrogen) atoms. The molecule has 0 unspecified atom stereocenters. The van der Waals surface area contributed by atoms with Crippen molar-refractivity contribution >= 4 is 5.91 Å². The smallest absolute Gasteiger partial charge is 0.253 e. The van der Waals surface area contributed by atoms with Gasteiger partial charge >= 0.3 is 0 Å². The fraction of sp³-hybridized carbons (Fsp3) is 0.346. The van der Waals surface area contributed by atoms with E-state index >= 15 is 0 Å². The van der Waals surface area contributed by atoms with Crippen molar-refractivity contribution in [2.75, 3.05) is 6.54 Å². The van der Waals surface area contributed by atoms with Gasteiger partial charge in [0.05, 0.1) is 22.9 Å². The monoisotopic (exact) mass is 413 g/mol. The van der Waals surface area contributed by atoms with Gasteiger partial charge in [-0.2, -0.15) is 5.26 Å². The van der Waals surface area contributed by atoms with Crippen LogP contribution in [-0.4, -0.2) is 17.4 Å². The number of aromatic amines is 2. The molecule has 3 N–H and O–H groups in total. The van der Waals surface area contributed by atoms with Crippen molar-refractivity contribution in [3.8, 4) is 17.3 Å². The summed E-state index contributed by atoms with van der Waals surface area (Å²) >= 11 is 0. The van der Waals surface area contributed by atoms with Crippen molar-refractivity contribution in [1.82, 2.24) is 10.3 Å². The van der Waals surface area contributed by atoms with Gasteiger partial charge in [0.1, 0.15) is 0 Å². The summed E-state index contributed by atoms with van der Waals surface area (Å²) in [6.45, 7) is 4.76. The number of nitriles is 1. The van der Waals surface area contributed by atoms with E-state index in [0.717, 1.165) is 29.8 Å². The Hall–Kier alpha value is -3.39. The lowest BCUT2D eigenvalue weighted by Crippen LogP contribution is -2.31. The highest BCUT2D eigenvalue weighted by atomic mass is 16.1. The lowest BCUT2D eigenvalue weighted by Gasteiger charge is -2.28. The number of carbonyl (C=O) groups is 1. The molecule has 1 aliphatic rings. The number of H-pyrrole nitrogens is 2. The minimum Gasteiger partial charge on any atom is -0.358 e. The Labute approximate surface area is 183 Å². The third-order valence-electron chi connectivity index (χ3n) is 6.34. The van der Waals surface area contributed by atoms with Gasteiger partial charge in [0.2, 0.25) is 0 Å². The van der Waals surface area contributed by atoms with Crippen molar-refractivity contribution in [3.63, 3.8) is 0 Å². The van der Waals surface area contributed by atoms with Crippen LogP contribution in [0.2, 0.25) is 0 Å². The highest BCUT2D eigenvalue weighted by molar-refractivity contribution is 6.00. The molecule has 0 radical (unpaired) electrons. The van der Waals surface area contributed by atoms with Crippen LogP contribution >= 0.6 is 0 Å². The summed E-state index contributed by atoms with van der Waals surface area (Å²) in [6.07, 6.45) is 6.64. The molecule has 2 aromatic heterocycles. The zero-order chi connectivity index (χ0) is 21.8. The second-order valence-electron chi connectivity index (χ2n) is 8.66. The zero-order valence-corrected chi connectivity index (χ0v) is 18.2. The van der Waals surface area contributed by atoms with Gasteiger partial charge in [0.15, 0.2) is 11.9 Å². The number of hydrogen-bond donors (Lipinski definition) is 2. The van der Waals surface area contributed by atoms with E-state index in [1.54, 1.807) is 12.1 Å². The van der Waals surface area contributed by atoms with E-state index in [1.807, 2.05) is 31.3 Å². The molecule has 1 amide bonds. The van der Waals surface area contributed by atoms with Gasteiger partial charge in [-0.1, -0.05) is 12.1 Å². The molecule has 0 spiro atoms. The number of rotatable bonds is 5. The number of pyridine rings is 1. The molecule has 3 aromatic rings. The molecule has 1 fully saturated rings. The van der Waals surface area contributed by atoms with Crippen LogP contribution in [-0.2, 0) is 0 Å². The first-order valence-corrected chi connectivity index (χ1v) is 11.0. The Balaban J connectivity index is 1.36. The van der Waals surface area contributed by atoms with Gasteiger partial charge in [-0.15, -0.1) is 0 Å². The Kier molecular flexibility index (Phi) is 6.18. The fourth-order valence-electron chi connectivity index (χ4n) is 4.60. The molecular formula is C26H29N4O+. The van der Waals surface area contributed by atoms with Crippen LogP contribution in [0.3, 0.4) is 0 Å². The predicted molar refractivity (Wildman–Crippen MR) is 120 cm³/mol. The number of nitrogens with zero attached hydrogens (tertiary/aromatic N) is 1. The fourth-order valence-corrected chi connectivity index (χ4v) is 4.60. The summed E-state index contributed by atoms with van der Waals surface area (Å²) in [5, 5.41) is 12.2. The molecule has 0 atom stereocenters. The molecule has 0 saturated heterocycles. The number of carbonyl (C=O) groups excluding carboxylic acids is 1. The van der Waals surface area contributed by atoms with Crippen molar-refractivity contribution in [2.24, 2.45) is 5.92 Å². The topological polar surface area (TPSA) is 82.8 Å². The first-order valence-electron chi connectivity index (χ1n) is 11.0. The molecule has 1 aromatic carbocycles. The number of benzene rings is 1. The second-order valence-corrected chi connectivity index (χ2v) is 8.66. The molecular weight excluding hydrogens is 384 g/mol. The van der Waals surface area contributed by atoms with E-state index < -0.39 is 0 Å². The lowest BCUT2D eigenvalue weighted by atomic mass is 9.79. The number of aryl methyl sites for hydroxylation is 2. The SMILES string of the molecule is Cc1cc(C(=O)NCC2CCC(c3cc[nH+]c(C)c3)CC2)c(-c2ccc(C#N)cc2)[nH]1. The number of nitrogens with one attached hydrogen (secondary N) is 3. The largest absolute Gasteiger partial charge is 0.358 e. The van der Waals surface area contributed by atoms with Crippen molar-refractivity contribution in [1.29, 1.82) is 5.26 Å². The van der Waals surface area contributed by atoms with Crippen LogP contribution in [0.5, 0.6) is 0 Å². The highest BCUT2D eigenvalue weighted by Gasteiger charge is 2.24. The summed E-state index contributed by atoms with van der Waals surface area (Å²) in [5.41, 5.74) is 6.55. The molecule has 2 heterocycles. The lowest BCUT2D eigenvalue weighted by molar-refractivity contribution is -0.387. The molecule has 4 rings (SSSR count). The van der Waals surface area contributed by atoms with Crippen LogP contribution in [0.1, 0.15) is 64.5 Å². The average molecular weight is 414 g/mol. The average Bonchev–Trinajstić information content (AvgIpc) is 3.19. The number of aromatic nitrogens is 2. The van der Waals surface area contributed by atoms with E-state index in [2.05, 4.69) is 40.4 Å². The first kappa shape index (κ1) is 20.9. The zero-order valence-electron chi connectivity index (χ0n) is 18.2. The summed E-state index contributed by atoms with van der Waals surface area (Å²) < 4.78 is 0. The molecule has 0 aliphatic heterocycles. The summed E-state index contributed by atoms with van der Waals surface area (Å²) in [6, 6.07) is 15.8. The normalized spacial score (nSPS) is 18.4. The molecule has 158 valence electrons. The summed E-state index contributed by atoms with van der Waals surface area (Å²) in [7, 11) is 0. The van der Waals surface area contributed by atoms with E-state index in [1.165, 1.54) is 24.1 Å². The Morgan fingerprint density at radius 3 is 2.55 bits per heavy atom. The van der Waals surface area contributed by atoms with Crippen molar-refractivity contribution in [2.45, 2.75) is 45.4 Å². The van der Waals surface area contributed by atoms with E-state index in [9.17, 15) is 4.79 Å². The third-order valence-corrected chi connectivity index (χ3v) is 6.34. The van der Waals surface area contributed by atoms with E-state index in [0.29, 0.717) is 29.5 Å². The Morgan fingerprint density at radius 2 is 1.87 bits per heavy atom. The minimum absolute atomic E-state index is 0.0416. The molecule has 1 saturated carbocycles. The molecule has 5 heteroatoms. The van der Waals surface area contributed by atoms with Gasteiger partial charge in [0, 0.05) is 31.3 Å². The van der Waals surface area contributed by atoms with Gasteiger partial charge in [0.25, 0.3) is 5.91 Å². The van der Waals surface area contributed by atoms with Crippen LogP contribution in [0.15, 0.2) is 48.7 Å². The van der Waals surface area contributed by atoms with Gasteiger partial charge in [-0.3, -0.25) is 4.79 Å². The third kappa shape index (κ3) is 4.86. The molecule has 5 nitrogen and oxygen atoms in total. The summed E-state index contributed by atoms with van der Waals surface area (Å²) in [4.78, 5) is 19.5. The quantitative estimate of drug-likeness (QED) is 0.636. The predicted octanol–water partition coefficient (Wildman–Crippen LogP) is 4.69. The maximum Gasteiger partial charge on any atom is 0.253 e. The van der Waals surface area contributed by atoms with Crippen LogP contribution in [0, 0.1) is 31.1 Å². The first-order chi connectivity index (χ1) is 15.0. The van der Waals surface area contributed by atoms with Crippen LogP contribution < -0.4 is 10.3 Å². The Morgan fingerprint density at radius 1 is 1.13 bits per heavy atom. The van der Waals surface area contributed by atoms with Crippen molar-refractivity contribution in [3.05, 3.63) is 76.7 Å². The maximum atomic E-state index is 13.0. The maximum absolute atomic E-state index is 13.0. The van der Waals surface area contributed by atoms with Gasteiger partial charge < -0.3 is 10.3 Å². The highest BCUT2D eigenvalue weighted by Crippen LogP contribution is 2.35. The summed E-state index contributed by atoms with van der Waals surface area (Å²) in [5.74, 6) is 1.10. The Bertz CT molecular complexity index is 1100. The standard InChI is InChI=1S/C26H28N4O/c1-17-13-23(11-12-28-17)21-7-5-20(6-8-21)16-29-26(31)24-14-18(2)30-25(24)22-9-3-19(15-27)4-10-22/h3-4,9-14,20-21,30H,5-8,16H2,1-2H3,(H,29,31)/p+1. The van der Waals surface area contributed by atoms with E-state index in [-0.39, 0.29) is 5.91 Å². The van der Waals surface area contributed by atoms with Crippen LogP contribution in [0.25, 0.3) is 11.3 Å².